The quantitative estimate of drug-likeness (QED) is 0.479. The largest absolute Gasteiger partial charge is 0.322 e. The van der Waals surface area contributed by atoms with Gasteiger partial charge in [-0.3, -0.25) is 9.59 Å². The molecule has 7 heteroatoms. The summed E-state index contributed by atoms with van der Waals surface area (Å²) >= 11 is 5.88. The van der Waals surface area contributed by atoms with E-state index in [0.717, 1.165) is 5.69 Å². The van der Waals surface area contributed by atoms with E-state index in [-0.39, 0.29) is 11.8 Å². The molecule has 4 rings (SSSR count). The van der Waals surface area contributed by atoms with Crippen LogP contribution in [0.2, 0.25) is 5.02 Å². The summed E-state index contributed by atoms with van der Waals surface area (Å²) in [7, 11) is 0. The summed E-state index contributed by atoms with van der Waals surface area (Å²) in [6, 6.07) is 23.1. The summed E-state index contributed by atoms with van der Waals surface area (Å²) in [6.45, 7) is 0. The van der Waals surface area contributed by atoms with Crippen LogP contribution in [-0.4, -0.2) is 21.6 Å². The Hall–Kier alpha value is -3.90. The number of nitrogens with zero attached hydrogens (tertiary/aromatic N) is 2. The number of hydrogen-bond acceptors (Lipinski definition) is 3. The van der Waals surface area contributed by atoms with Crippen LogP contribution in [0.3, 0.4) is 0 Å². The molecule has 0 saturated carbocycles. The summed E-state index contributed by atoms with van der Waals surface area (Å²) in [5.41, 5.74) is 2.58. The molecule has 2 N–H and O–H groups in total. The summed E-state index contributed by atoms with van der Waals surface area (Å²) in [6.07, 6.45) is 3.12. The number of halogens is 1. The Labute approximate surface area is 178 Å². The molecule has 0 aliphatic carbocycles. The van der Waals surface area contributed by atoms with Crippen LogP contribution in [0, 0.1) is 0 Å². The molecule has 6 nitrogen and oxygen atoms in total. The van der Waals surface area contributed by atoms with Gasteiger partial charge in [-0.05, 0) is 48.5 Å². The Bertz CT molecular complexity index is 1190. The predicted octanol–water partition coefficient (Wildman–Crippen LogP) is 5.03. The second-order valence-corrected chi connectivity index (χ2v) is 6.91. The Morgan fingerprint density at radius 1 is 0.800 bits per heavy atom. The first kappa shape index (κ1) is 19.4. The second kappa shape index (κ2) is 8.63. The first-order chi connectivity index (χ1) is 14.6. The minimum atomic E-state index is -0.357. The van der Waals surface area contributed by atoms with Gasteiger partial charge in [-0.25, -0.2) is 4.68 Å². The number of carbonyl (C=O) groups is 2. The van der Waals surface area contributed by atoms with Crippen molar-refractivity contribution in [2.24, 2.45) is 0 Å². The van der Waals surface area contributed by atoms with Gasteiger partial charge in [0.15, 0.2) is 0 Å². The molecule has 4 aromatic rings. The number of aromatic nitrogens is 2. The van der Waals surface area contributed by atoms with E-state index in [1.807, 2.05) is 30.3 Å². The highest BCUT2D eigenvalue weighted by Crippen LogP contribution is 2.20. The van der Waals surface area contributed by atoms with Gasteiger partial charge in [0.1, 0.15) is 0 Å². The van der Waals surface area contributed by atoms with Crippen molar-refractivity contribution in [3.05, 3.63) is 107 Å². The van der Waals surface area contributed by atoms with Crippen molar-refractivity contribution in [2.75, 3.05) is 10.6 Å². The second-order valence-electron chi connectivity index (χ2n) is 6.47. The fraction of sp³-hybridized carbons (Fsp3) is 0. The topological polar surface area (TPSA) is 76.0 Å². The SMILES string of the molecule is O=C(Nc1ccccc1C(=O)Nc1ccc(Cl)cc1)c1cnn(-c2ccccc2)c1. The van der Waals surface area contributed by atoms with Crippen molar-refractivity contribution < 1.29 is 9.59 Å². The van der Waals surface area contributed by atoms with Gasteiger partial charge in [-0.15, -0.1) is 0 Å². The molecule has 0 atom stereocenters. The lowest BCUT2D eigenvalue weighted by atomic mass is 10.1. The molecule has 0 unspecified atom stereocenters. The van der Waals surface area contributed by atoms with Gasteiger partial charge in [-0.1, -0.05) is 41.9 Å². The molecule has 0 aliphatic rings. The van der Waals surface area contributed by atoms with Crippen LogP contribution in [0.5, 0.6) is 0 Å². The molecule has 0 spiro atoms. The van der Waals surface area contributed by atoms with E-state index in [1.54, 1.807) is 59.4 Å². The van der Waals surface area contributed by atoms with Crippen molar-refractivity contribution in [3.63, 3.8) is 0 Å². The molecule has 1 heterocycles. The molecule has 2 amide bonds. The first-order valence-electron chi connectivity index (χ1n) is 9.17. The molecule has 0 aliphatic heterocycles. The summed E-state index contributed by atoms with van der Waals surface area (Å²) in [5.74, 6) is -0.697. The van der Waals surface area contributed by atoms with Gasteiger partial charge < -0.3 is 10.6 Å². The van der Waals surface area contributed by atoms with Crippen LogP contribution in [0.15, 0.2) is 91.3 Å². The highest BCUT2D eigenvalue weighted by Gasteiger charge is 2.15. The molecule has 1 aromatic heterocycles. The van der Waals surface area contributed by atoms with Crippen molar-refractivity contribution in [3.8, 4) is 5.69 Å². The maximum absolute atomic E-state index is 12.7. The number of para-hydroxylation sites is 2. The minimum Gasteiger partial charge on any atom is -0.322 e. The fourth-order valence-corrected chi connectivity index (χ4v) is 3.00. The van der Waals surface area contributed by atoms with Crippen LogP contribution in [0.25, 0.3) is 5.69 Å². The highest BCUT2D eigenvalue weighted by molar-refractivity contribution is 6.30. The normalized spacial score (nSPS) is 10.4. The fourth-order valence-electron chi connectivity index (χ4n) is 2.88. The maximum Gasteiger partial charge on any atom is 0.258 e. The number of nitrogens with one attached hydrogen (secondary N) is 2. The third kappa shape index (κ3) is 4.39. The van der Waals surface area contributed by atoms with Crippen LogP contribution in [0.1, 0.15) is 20.7 Å². The highest BCUT2D eigenvalue weighted by atomic mass is 35.5. The zero-order valence-corrected chi connectivity index (χ0v) is 16.5. The molecule has 0 fully saturated rings. The Balaban J connectivity index is 1.51. The molecule has 3 aromatic carbocycles. The number of benzene rings is 3. The van der Waals surface area contributed by atoms with E-state index in [2.05, 4.69) is 15.7 Å². The number of anilines is 2. The third-order valence-corrected chi connectivity index (χ3v) is 4.64. The number of hydrogen-bond donors (Lipinski definition) is 2. The van der Waals surface area contributed by atoms with E-state index < -0.39 is 0 Å². The van der Waals surface area contributed by atoms with E-state index >= 15 is 0 Å². The van der Waals surface area contributed by atoms with Crippen molar-refractivity contribution in [1.29, 1.82) is 0 Å². The van der Waals surface area contributed by atoms with Crippen LogP contribution in [-0.2, 0) is 0 Å². The lowest BCUT2D eigenvalue weighted by Gasteiger charge is -2.11. The molecule has 148 valence electrons. The van der Waals surface area contributed by atoms with E-state index in [9.17, 15) is 9.59 Å². The molecular weight excluding hydrogens is 400 g/mol. The van der Waals surface area contributed by atoms with Gasteiger partial charge in [0, 0.05) is 16.9 Å². The number of rotatable bonds is 5. The molecule has 30 heavy (non-hydrogen) atoms. The van der Waals surface area contributed by atoms with Gasteiger partial charge in [0.05, 0.1) is 28.7 Å². The molecule has 0 saturated heterocycles. The monoisotopic (exact) mass is 416 g/mol. The zero-order valence-electron chi connectivity index (χ0n) is 15.7. The zero-order chi connectivity index (χ0) is 20.9. The standard InChI is InChI=1S/C23H17ClN4O2/c24-17-10-12-18(13-11-17)26-23(30)20-8-4-5-9-21(20)27-22(29)16-14-25-28(15-16)19-6-2-1-3-7-19/h1-15H,(H,26,30)(H,27,29). The van der Waals surface area contributed by atoms with E-state index in [4.69, 9.17) is 11.6 Å². The van der Waals surface area contributed by atoms with Crippen LogP contribution < -0.4 is 10.6 Å². The number of carbonyl (C=O) groups excluding carboxylic acids is 2. The van der Waals surface area contributed by atoms with Gasteiger partial charge in [0.2, 0.25) is 0 Å². The van der Waals surface area contributed by atoms with E-state index in [1.165, 1.54) is 6.20 Å². The maximum atomic E-state index is 12.7. The molecular formula is C23H17ClN4O2. The van der Waals surface area contributed by atoms with Crippen LogP contribution in [0.4, 0.5) is 11.4 Å². The summed E-state index contributed by atoms with van der Waals surface area (Å²) < 4.78 is 1.62. The molecule has 0 radical (unpaired) electrons. The number of amides is 2. The Morgan fingerprint density at radius 3 is 2.27 bits per heavy atom. The average molecular weight is 417 g/mol. The predicted molar refractivity (Wildman–Crippen MR) is 117 cm³/mol. The average Bonchev–Trinajstić information content (AvgIpc) is 3.27. The lowest BCUT2D eigenvalue weighted by Crippen LogP contribution is -2.18. The summed E-state index contributed by atoms with van der Waals surface area (Å²) in [4.78, 5) is 25.4. The van der Waals surface area contributed by atoms with Crippen molar-refractivity contribution >= 4 is 34.8 Å². The smallest absolute Gasteiger partial charge is 0.258 e. The van der Waals surface area contributed by atoms with Crippen LogP contribution >= 0.6 is 11.6 Å². The minimum absolute atomic E-state index is 0.340. The van der Waals surface area contributed by atoms with E-state index in [0.29, 0.717) is 27.5 Å². The van der Waals surface area contributed by atoms with Gasteiger partial charge in [0.25, 0.3) is 11.8 Å². The third-order valence-electron chi connectivity index (χ3n) is 4.39. The molecule has 0 bridgehead atoms. The van der Waals surface area contributed by atoms with Gasteiger partial charge >= 0.3 is 0 Å². The Kier molecular flexibility index (Phi) is 5.59. The lowest BCUT2D eigenvalue weighted by molar-refractivity contribution is 0.102. The van der Waals surface area contributed by atoms with Crippen molar-refractivity contribution in [2.45, 2.75) is 0 Å². The Morgan fingerprint density at radius 2 is 1.50 bits per heavy atom. The van der Waals surface area contributed by atoms with Gasteiger partial charge in [-0.2, -0.15) is 5.10 Å². The first-order valence-corrected chi connectivity index (χ1v) is 9.55. The summed E-state index contributed by atoms with van der Waals surface area (Å²) in [5, 5.41) is 10.4. The van der Waals surface area contributed by atoms with Crippen molar-refractivity contribution in [1.82, 2.24) is 9.78 Å².